The van der Waals surface area contributed by atoms with Crippen molar-refractivity contribution in [2.75, 3.05) is 46.3 Å². The molecule has 0 spiro atoms. The van der Waals surface area contributed by atoms with Crippen LogP contribution >= 0.6 is 0 Å². The summed E-state index contributed by atoms with van der Waals surface area (Å²) in [6.07, 6.45) is 2.96. The monoisotopic (exact) mass is 407 g/mol. The molecule has 2 aromatic heterocycles. The number of likely N-dealkylation sites (N-methyl/N-ethyl adjacent to an activating group) is 1. The molecule has 28 heavy (non-hydrogen) atoms. The molecule has 0 saturated carbocycles. The van der Waals surface area contributed by atoms with Crippen molar-refractivity contribution in [3.8, 4) is 11.5 Å². The number of hydrogen-bond donors (Lipinski definition) is 1. The van der Waals surface area contributed by atoms with Gasteiger partial charge in [0.2, 0.25) is 11.0 Å². The average Bonchev–Trinajstić information content (AvgIpc) is 3.40. The lowest BCUT2D eigenvalue weighted by atomic mass is 9.98. The van der Waals surface area contributed by atoms with Gasteiger partial charge in [0, 0.05) is 45.5 Å². The third kappa shape index (κ3) is 3.71. The summed E-state index contributed by atoms with van der Waals surface area (Å²) < 4.78 is 33.0. The average molecular weight is 407 g/mol. The number of piperidine rings is 1. The maximum Gasteiger partial charge on any atom is 0.276 e. The highest BCUT2D eigenvalue weighted by atomic mass is 32.2. The fraction of sp³-hybridized carbons (Fsp3) is 0.556. The van der Waals surface area contributed by atoms with E-state index in [9.17, 15) is 13.2 Å². The van der Waals surface area contributed by atoms with E-state index in [2.05, 4.69) is 15.1 Å². The Bertz CT molecular complexity index is 916. The van der Waals surface area contributed by atoms with Crippen LogP contribution in [0.4, 0.5) is 0 Å². The number of nitrogens with zero attached hydrogens (tertiary/aromatic N) is 4. The Morgan fingerprint density at radius 1 is 1.18 bits per heavy atom. The molecule has 4 heterocycles. The van der Waals surface area contributed by atoms with Crippen molar-refractivity contribution in [2.24, 2.45) is 5.92 Å². The van der Waals surface area contributed by atoms with Crippen LogP contribution in [0, 0.1) is 5.92 Å². The largest absolute Gasteiger partial charge is 0.442 e. The van der Waals surface area contributed by atoms with Crippen molar-refractivity contribution in [1.29, 1.82) is 0 Å². The van der Waals surface area contributed by atoms with Crippen LogP contribution in [-0.4, -0.2) is 84.9 Å². The van der Waals surface area contributed by atoms with Crippen molar-refractivity contribution in [1.82, 2.24) is 24.3 Å². The van der Waals surface area contributed by atoms with Gasteiger partial charge in [0.25, 0.3) is 10.0 Å². The summed E-state index contributed by atoms with van der Waals surface area (Å²) in [4.78, 5) is 16.9. The molecule has 0 unspecified atom stereocenters. The summed E-state index contributed by atoms with van der Waals surface area (Å²) in [6.45, 7) is 3.70. The molecule has 1 amide bonds. The number of H-pyrrole nitrogens is 1. The number of carbonyl (C=O) groups excluding carboxylic acids is 1. The molecule has 2 saturated heterocycles. The van der Waals surface area contributed by atoms with Crippen LogP contribution in [-0.2, 0) is 14.8 Å². The predicted octanol–water partition coefficient (Wildman–Crippen LogP) is 0.844. The van der Waals surface area contributed by atoms with Gasteiger partial charge in [-0.25, -0.2) is 8.42 Å². The third-order valence-electron chi connectivity index (χ3n) is 5.49. The minimum Gasteiger partial charge on any atom is -0.442 e. The lowest BCUT2D eigenvalue weighted by Crippen LogP contribution is -2.52. The molecule has 0 radical (unpaired) electrons. The first-order valence-electron chi connectivity index (χ1n) is 9.52. The van der Waals surface area contributed by atoms with Crippen molar-refractivity contribution < 1.29 is 17.6 Å². The molecule has 2 aliphatic heterocycles. The zero-order valence-corrected chi connectivity index (χ0v) is 16.7. The first-order valence-corrected chi connectivity index (χ1v) is 11.0. The number of aromatic amines is 1. The molecule has 0 bridgehead atoms. The number of aromatic nitrogens is 2. The number of rotatable bonds is 4. The van der Waals surface area contributed by atoms with Gasteiger partial charge >= 0.3 is 0 Å². The Morgan fingerprint density at radius 2 is 1.96 bits per heavy atom. The number of furan rings is 1. The molecule has 10 heteroatoms. The van der Waals surface area contributed by atoms with Gasteiger partial charge in [-0.1, -0.05) is 0 Å². The Balaban J connectivity index is 1.47. The van der Waals surface area contributed by atoms with E-state index in [4.69, 9.17) is 4.42 Å². The van der Waals surface area contributed by atoms with E-state index in [0.717, 1.165) is 19.5 Å². The van der Waals surface area contributed by atoms with E-state index < -0.39 is 10.0 Å². The lowest BCUT2D eigenvalue weighted by molar-refractivity contribution is -0.138. The van der Waals surface area contributed by atoms with Gasteiger partial charge in [-0.05, 0) is 38.1 Å². The van der Waals surface area contributed by atoms with Crippen molar-refractivity contribution >= 4 is 15.9 Å². The van der Waals surface area contributed by atoms with Crippen LogP contribution in [0.5, 0.6) is 0 Å². The molecule has 2 aromatic rings. The van der Waals surface area contributed by atoms with Crippen LogP contribution in [0.2, 0.25) is 0 Å². The number of amides is 1. The van der Waals surface area contributed by atoms with Gasteiger partial charge in [-0.2, -0.15) is 9.40 Å². The highest BCUT2D eigenvalue weighted by Crippen LogP contribution is 2.28. The maximum absolute atomic E-state index is 13.0. The topological polar surface area (TPSA) is 103 Å². The quantitative estimate of drug-likeness (QED) is 0.806. The Labute approximate surface area is 164 Å². The number of sulfonamides is 1. The number of hydrogen-bond acceptors (Lipinski definition) is 6. The van der Waals surface area contributed by atoms with E-state index >= 15 is 0 Å². The van der Waals surface area contributed by atoms with Crippen molar-refractivity contribution in [2.45, 2.75) is 17.9 Å². The number of piperazine rings is 1. The van der Waals surface area contributed by atoms with E-state index in [0.29, 0.717) is 37.5 Å². The van der Waals surface area contributed by atoms with E-state index in [-0.39, 0.29) is 23.5 Å². The molecule has 2 fully saturated rings. The van der Waals surface area contributed by atoms with Gasteiger partial charge in [0.05, 0.1) is 5.92 Å². The lowest BCUT2D eigenvalue weighted by Gasteiger charge is -2.37. The van der Waals surface area contributed by atoms with E-state index in [1.165, 1.54) is 10.4 Å². The normalized spacial score (nSPS) is 22.5. The van der Waals surface area contributed by atoms with E-state index in [1.54, 1.807) is 18.3 Å². The molecule has 1 N–H and O–H groups in total. The zero-order chi connectivity index (χ0) is 19.7. The van der Waals surface area contributed by atoms with Crippen LogP contribution in [0.3, 0.4) is 0 Å². The van der Waals surface area contributed by atoms with Crippen molar-refractivity contribution in [3.05, 3.63) is 24.4 Å². The Morgan fingerprint density at radius 3 is 2.68 bits per heavy atom. The smallest absolute Gasteiger partial charge is 0.276 e. The summed E-state index contributed by atoms with van der Waals surface area (Å²) in [5.41, 5.74) is 0.614. The third-order valence-corrected chi connectivity index (χ3v) is 7.23. The summed E-state index contributed by atoms with van der Waals surface area (Å²) in [5.74, 6) is 0.178. The SMILES string of the molecule is CN1CCN(C(=O)[C@@H]2CCCN(S(=O)(=O)c3ccc(-c4ccn[nH]4)o3)C2)CC1. The molecule has 0 aliphatic carbocycles. The minimum absolute atomic E-state index is 0.0607. The molecule has 9 nitrogen and oxygen atoms in total. The molecule has 4 rings (SSSR count). The van der Waals surface area contributed by atoms with Gasteiger partial charge in [0.1, 0.15) is 5.69 Å². The molecular formula is C18H25N5O4S. The first kappa shape index (κ1) is 19.2. The first-order chi connectivity index (χ1) is 13.4. The highest BCUT2D eigenvalue weighted by molar-refractivity contribution is 7.89. The van der Waals surface area contributed by atoms with Crippen LogP contribution in [0.25, 0.3) is 11.5 Å². The second-order valence-electron chi connectivity index (χ2n) is 7.42. The van der Waals surface area contributed by atoms with Gasteiger partial charge < -0.3 is 14.2 Å². The van der Waals surface area contributed by atoms with Gasteiger partial charge in [-0.15, -0.1) is 0 Å². The summed E-state index contributed by atoms with van der Waals surface area (Å²) in [7, 11) is -1.75. The summed E-state index contributed by atoms with van der Waals surface area (Å²) >= 11 is 0. The molecule has 0 aromatic carbocycles. The standard InChI is InChI=1S/C18H25N5O4S/c1-21-9-11-22(12-10-21)18(24)14-3-2-8-23(13-14)28(25,26)17-5-4-16(27-17)15-6-7-19-20-15/h4-7,14H,2-3,8-13H2,1H3,(H,19,20)/t14-/m1/s1. The summed E-state index contributed by atoms with van der Waals surface area (Å²) in [5, 5.41) is 6.49. The zero-order valence-electron chi connectivity index (χ0n) is 15.9. The maximum atomic E-state index is 13.0. The fourth-order valence-electron chi connectivity index (χ4n) is 3.77. The van der Waals surface area contributed by atoms with Crippen LogP contribution in [0.1, 0.15) is 12.8 Å². The van der Waals surface area contributed by atoms with Crippen LogP contribution < -0.4 is 0 Å². The Kier molecular flexibility index (Phi) is 5.26. The van der Waals surface area contributed by atoms with Crippen LogP contribution in [0.15, 0.2) is 33.9 Å². The second kappa shape index (κ2) is 7.69. The van der Waals surface area contributed by atoms with Gasteiger partial charge in [-0.3, -0.25) is 9.89 Å². The fourth-order valence-corrected chi connectivity index (χ4v) is 5.21. The van der Waals surface area contributed by atoms with Gasteiger partial charge in [0.15, 0.2) is 5.76 Å². The minimum atomic E-state index is -3.78. The van der Waals surface area contributed by atoms with Crippen molar-refractivity contribution in [3.63, 3.8) is 0 Å². The summed E-state index contributed by atoms with van der Waals surface area (Å²) in [6, 6.07) is 4.77. The highest BCUT2D eigenvalue weighted by Gasteiger charge is 2.37. The number of nitrogens with one attached hydrogen (secondary N) is 1. The second-order valence-corrected chi connectivity index (χ2v) is 9.29. The predicted molar refractivity (Wildman–Crippen MR) is 102 cm³/mol. The molecule has 2 aliphatic rings. The molecule has 1 atom stereocenters. The molecule has 152 valence electrons. The number of carbonyl (C=O) groups is 1. The Hall–Kier alpha value is -2.17. The molecular weight excluding hydrogens is 382 g/mol. The van der Waals surface area contributed by atoms with E-state index in [1.807, 2.05) is 11.9 Å².